The van der Waals surface area contributed by atoms with Gasteiger partial charge in [-0.1, -0.05) is 11.6 Å². The maximum absolute atomic E-state index is 12.2. The van der Waals surface area contributed by atoms with Crippen molar-refractivity contribution in [1.29, 1.82) is 5.26 Å². The van der Waals surface area contributed by atoms with Gasteiger partial charge in [-0.05, 0) is 22.0 Å². The first-order valence-corrected chi connectivity index (χ1v) is 4.27. The normalized spacial score (nSPS) is 10.2. The third-order valence-corrected chi connectivity index (χ3v) is 2.08. The molecule has 68 valence electrons. The van der Waals surface area contributed by atoms with Crippen LogP contribution in [0.4, 0.5) is 8.78 Å². The van der Waals surface area contributed by atoms with Gasteiger partial charge in [0.1, 0.15) is 16.4 Å². The van der Waals surface area contributed by atoms with E-state index < -0.39 is 12.1 Å². The molecule has 13 heavy (non-hydrogen) atoms. The molecule has 0 bridgehead atoms. The highest BCUT2D eigenvalue weighted by Crippen LogP contribution is 2.29. The fourth-order valence-corrected chi connectivity index (χ4v) is 1.38. The van der Waals surface area contributed by atoms with Gasteiger partial charge in [-0.25, -0.2) is 13.8 Å². The second-order valence-electron chi connectivity index (χ2n) is 2.10. The van der Waals surface area contributed by atoms with E-state index in [1.54, 1.807) is 6.07 Å². The number of alkyl halides is 2. The minimum absolute atomic E-state index is 0.0150. The van der Waals surface area contributed by atoms with E-state index in [2.05, 4.69) is 20.9 Å². The van der Waals surface area contributed by atoms with Crippen molar-refractivity contribution < 1.29 is 8.78 Å². The summed E-state index contributed by atoms with van der Waals surface area (Å²) in [6, 6.07) is 2.98. The average molecular weight is 267 g/mol. The lowest BCUT2D eigenvalue weighted by Crippen LogP contribution is -1.95. The summed E-state index contributed by atoms with van der Waals surface area (Å²) in [4.78, 5) is 3.46. The molecule has 0 atom stereocenters. The van der Waals surface area contributed by atoms with Crippen molar-refractivity contribution in [1.82, 2.24) is 4.98 Å². The third-order valence-electron chi connectivity index (χ3n) is 1.28. The molecule has 0 aliphatic heterocycles. The van der Waals surface area contributed by atoms with Gasteiger partial charge >= 0.3 is 0 Å². The molecule has 1 aromatic rings. The fourth-order valence-electron chi connectivity index (χ4n) is 0.743. The summed E-state index contributed by atoms with van der Waals surface area (Å²) in [5.41, 5.74) is -0.591. The SMILES string of the molecule is N#Cc1cc(Br)nc(C(F)F)c1Cl. The molecule has 0 aliphatic carbocycles. The van der Waals surface area contributed by atoms with Gasteiger partial charge in [-0.3, -0.25) is 0 Å². The molecule has 0 fully saturated rings. The topological polar surface area (TPSA) is 36.7 Å². The van der Waals surface area contributed by atoms with Gasteiger partial charge in [0.05, 0.1) is 10.6 Å². The quantitative estimate of drug-likeness (QED) is 0.732. The van der Waals surface area contributed by atoms with Gasteiger partial charge in [0.25, 0.3) is 6.43 Å². The van der Waals surface area contributed by atoms with E-state index in [9.17, 15) is 8.78 Å². The Kier molecular flexibility index (Phi) is 3.17. The molecule has 0 aliphatic rings. The van der Waals surface area contributed by atoms with E-state index in [1.165, 1.54) is 6.07 Å². The predicted octanol–water partition coefficient (Wildman–Crippen LogP) is 3.31. The second-order valence-corrected chi connectivity index (χ2v) is 3.29. The van der Waals surface area contributed by atoms with Gasteiger partial charge in [0, 0.05) is 0 Å². The van der Waals surface area contributed by atoms with Crippen LogP contribution < -0.4 is 0 Å². The summed E-state index contributed by atoms with van der Waals surface area (Å²) in [6.45, 7) is 0. The first-order chi connectivity index (χ1) is 6.06. The Labute approximate surface area is 86.3 Å². The van der Waals surface area contributed by atoms with Crippen molar-refractivity contribution in [2.24, 2.45) is 0 Å². The van der Waals surface area contributed by atoms with Gasteiger partial charge in [0.15, 0.2) is 0 Å². The number of rotatable bonds is 1. The molecule has 0 spiro atoms. The van der Waals surface area contributed by atoms with Gasteiger partial charge in [-0.2, -0.15) is 5.26 Å². The molecule has 1 rings (SSSR count). The van der Waals surface area contributed by atoms with E-state index in [1.807, 2.05) is 0 Å². The summed E-state index contributed by atoms with van der Waals surface area (Å²) < 4.78 is 24.7. The summed E-state index contributed by atoms with van der Waals surface area (Å²) in [6.07, 6.45) is -2.78. The van der Waals surface area contributed by atoms with Crippen LogP contribution in [0.1, 0.15) is 17.7 Å². The minimum atomic E-state index is -2.78. The van der Waals surface area contributed by atoms with Crippen LogP contribution in [0.3, 0.4) is 0 Å². The number of hydrogen-bond donors (Lipinski definition) is 0. The van der Waals surface area contributed by atoms with E-state index in [0.29, 0.717) is 0 Å². The maximum Gasteiger partial charge on any atom is 0.281 e. The molecule has 6 heteroatoms. The molecule has 1 heterocycles. The Balaban J connectivity index is 3.38. The van der Waals surface area contributed by atoms with Crippen molar-refractivity contribution in [2.75, 3.05) is 0 Å². The molecule has 2 nitrogen and oxygen atoms in total. The highest BCUT2D eigenvalue weighted by molar-refractivity contribution is 9.10. The molecule has 0 saturated carbocycles. The first-order valence-electron chi connectivity index (χ1n) is 3.10. The monoisotopic (exact) mass is 266 g/mol. The third kappa shape index (κ3) is 2.14. The van der Waals surface area contributed by atoms with E-state index in [4.69, 9.17) is 16.9 Å². The molecule has 0 amide bonds. The van der Waals surface area contributed by atoms with Gasteiger partial charge in [-0.15, -0.1) is 0 Å². The van der Waals surface area contributed by atoms with E-state index in [0.717, 1.165) is 0 Å². The van der Waals surface area contributed by atoms with Gasteiger partial charge in [0.2, 0.25) is 0 Å². The van der Waals surface area contributed by atoms with Crippen LogP contribution in [0.2, 0.25) is 5.02 Å². The number of nitriles is 1. The lowest BCUT2D eigenvalue weighted by molar-refractivity contribution is 0.146. The molecule has 0 aromatic carbocycles. The van der Waals surface area contributed by atoms with Crippen molar-refractivity contribution in [3.05, 3.63) is 26.9 Å². The highest BCUT2D eigenvalue weighted by atomic mass is 79.9. The molecule has 0 unspecified atom stereocenters. The lowest BCUT2D eigenvalue weighted by Gasteiger charge is -2.03. The lowest BCUT2D eigenvalue weighted by atomic mass is 10.2. The molecular weight excluding hydrogens is 265 g/mol. The molecule has 0 radical (unpaired) electrons. The standard InChI is InChI=1S/C7H2BrClF2N2/c8-4-1-3(2-12)5(9)6(13-4)7(10)11/h1,7H. The zero-order valence-corrected chi connectivity index (χ0v) is 8.40. The molecule has 0 N–H and O–H groups in total. The Morgan fingerprint density at radius 2 is 2.23 bits per heavy atom. The second kappa shape index (κ2) is 3.99. The summed E-state index contributed by atoms with van der Waals surface area (Å²) in [7, 11) is 0. The zero-order chi connectivity index (χ0) is 10.0. The molecular formula is C7H2BrClF2N2. The van der Waals surface area contributed by atoms with Crippen LogP contribution in [0, 0.1) is 11.3 Å². The Hall–Kier alpha value is -0.730. The van der Waals surface area contributed by atoms with Crippen LogP contribution in [0.15, 0.2) is 10.7 Å². The fraction of sp³-hybridized carbons (Fsp3) is 0.143. The van der Waals surface area contributed by atoms with E-state index in [-0.39, 0.29) is 15.2 Å². The minimum Gasteiger partial charge on any atom is -0.238 e. The van der Waals surface area contributed by atoms with E-state index >= 15 is 0 Å². The maximum atomic E-state index is 12.2. The Morgan fingerprint density at radius 3 is 2.69 bits per heavy atom. The van der Waals surface area contributed by atoms with Crippen molar-refractivity contribution in [3.8, 4) is 6.07 Å². The first kappa shape index (κ1) is 10.4. The van der Waals surface area contributed by atoms with Crippen LogP contribution in [-0.4, -0.2) is 4.98 Å². The van der Waals surface area contributed by atoms with Crippen molar-refractivity contribution in [3.63, 3.8) is 0 Å². The molecule has 0 saturated heterocycles. The summed E-state index contributed by atoms with van der Waals surface area (Å²) in [5.74, 6) is 0. The zero-order valence-electron chi connectivity index (χ0n) is 6.06. The predicted molar refractivity (Wildman–Crippen MR) is 46.6 cm³/mol. The van der Waals surface area contributed by atoms with Crippen LogP contribution in [0.25, 0.3) is 0 Å². The number of aromatic nitrogens is 1. The number of halogens is 4. The average Bonchev–Trinajstić information content (AvgIpc) is 2.08. The molecule has 1 aromatic heterocycles. The van der Waals surface area contributed by atoms with Crippen molar-refractivity contribution >= 4 is 27.5 Å². The van der Waals surface area contributed by atoms with Crippen LogP contribution in [-0.2, 0) is 0 Å². The van der Waals surface area contributed by atoms with Crippen LogP contribution in [0.5, 0.6) is 0 Å². The largest absolute Gasteiger partial charge is 0.281 e. The Morgan fingerprint density at radius 1 is 1.62 bits per heavy atom. The van der Waals surface area contributed by atoms with Crippen molar-refractivity contribution in [2.45, 2.75) is 6.43 Å². The summed E-state index contributed by atoms with van der Waals surface area (Å²) in [5, 5.41) is 8.23. The smallest absolute Gasteiger partial charge is 0.238 e. The van der Waals surface area contributed by atoms with Crippen LogP contribution >= 0.6 is 27.5 Å². The highest BCUT2D eigenvalue weighted by Gasteiger charge is 2.17. The number of nitrogens with zero attached hydrogens (tertiary/aromatic N) is 2. The summed E-state index contributed by atoms with van der Waals surface area (Å²) >= 11 is 8.39. The number of hydrogen-bond acceptors (Lipinski definition) is 2. The van der Waals surface area contributed by atoms with Gasteiger partial charge < -0.3 is 0 Å². The number of pyridine rings is 1. The Bertz CT molecular complexity index is 375.